The van der Waals surface area contributed by atoms with Crippen LogP contribution in [0.2, 0.25) is 0 Å². The molecule has 0 spiro atoms. The molecule has 0 saturated carbocycles. The summed E-state index contributed by atoms with van der Waals surface area (Å²) in [4.78, 5) is 32.3. The molecule has 148 valence electrons. The summed E-state index contributed by atoms with van der Waals surface area (Å²) in [6.07, 6.45) is 0. The smallest absolute Gasteiger partial charge is 0.325 e. The van der Waals surface area contributed by atoms with Gasteiger partial charge in [-0.05, 0) is 31.2 Å². The van der Waals surface area contributed by atoms with Crippen LogP contribution in [0.1, 0.15) is 5.01 Å². The number of carbonyl (C=O) groups is 2. The number of carbonyl (C=O) groups excluding carboxylic acids is 2. The molecule has 8 heteroatoms. The highest BCUT2D eigenvalue weighted by molar-refractivity contribution is 7.09. The number of para-hydroxylation sites is 1. The van der Waals surface area contributed by atoms with Crippen LogP contribution in [-0.2, 0) is 4.79 Å². The van der Waals surface area contributed by atoms with E-state index in [0.717, 1.165) is 16.3 Å². The van der Waals surface area contributed by atoms with Crippen LogP contribution in [0.4, 0.5) is 20.6 Å². The highest BCUT2D eigenvalue weighted by atomic mass is 32.1. The average Bonchev–Trinajstić information content (AvgIpc) is 3.29. The molecule has 0 bridgehead atoms. The van der Waals surface area contributed by atoms with E-state index in [0.29, 0.717) is 18.8 Å². The Balaban J connectivity index is 1.40. The minimum atomic E-state index is -0.457. The van der Waals surface area contributed by atoms with Gasteiger partial charge in [0.05, 0.1) is 16.4 Å². The number of hydrogen-bond donors (Lipinski definition) is 1. The van der Waals surface area contributed by atoms with E-state index in [1.54, 1.807) is 35.6 Å². The molecule has 1 aliphatic heterocycles. The third-order valence-electron chi connectivity index (χ3n) is 4.63. The number of anilines is 2. The Morgan fingerprint density at radius 3 is 2.79 bits per heavy atom. The quantitative estimate of drug-likeness (QED) is 0.688. The van der Waals surface area contributed by atoms with Crippen molar-refractivity contribution in [3.8, 4) is 11.3 Å². The van der Waals surface area contributed by atoms with Crippen LogP contribution in [0.25, 0.3) is 11.3 Å². The number of rotatable bonds is 5. The number of nitrogens with zero attached hydrogens (tertiary/aromatic N) is 3. The summed E-state index contributed by atoms with van der Waals surface area (Å²) >= 11 is 1.57. The summed E-state index contributed by atoms with van der Waals surface area (Å²) < 4.78 is 14.0. The van der Waals surface area contributed by atoms with Gasteiger partial charge in [0.25, 0.3) is 0 Å². The van der Waals surface area contributed by atoms with Crippen LogP contribution in [0.5, 0.6) is 0 Å². The number of thiazole rings is 1. The zero-order valence-electron chi connectivity index (χ0n) is 15.8. The monoisotopic (exact) mass is 410 g/mol. The van der Waals surface area contributed by atoms with Gasteiger partial charge in [-0.15, -0.1) is 11.3 Å². The van der Waals surface area contributed by atoms with Crippen molar-refractivity contribution in [1.82, 2.24) is 9.88 Å². The summed E-state index contributed by atoms with van der Waals surface area (Å²) in [6.45, 7) is 2.55. The van der Waals surface area contributed by atoms with Gasteiger partial charge in [-0.1, -0.05) is 24.3 Å². The van der Waals surface area contributed by atoms with Crippen molar-refractivity contribution in [1.29, 1.82) is 0 Å². The van der Waals surface area contributed by atoms with E-state index in [-0.39, 0.29) is 24.2 Å². The van der Waals surface area contributed by atoms with E-state index in [9.17, 15) is 14.0 Å². The second-order valence-corrected chi connectivity index (χ2v) is 7.75. The molecule has 0 aliphatic carbocycles. The molecule has 2 heterocycles. The lowest BCUT2D eigenvalue weighted by Crippen LogP contribution is -2.37. The minimum Gasteiger partial charge on any atom is -0.325 e. The van der Waals surface area contributed by atoms with Gasteiger partial charge >= 0.3 is 6.03 Å². The van der Waals surface area contributed by atoms with Gasteiger partial charge in [0.1, 0.15) is 12.4 Å². The fraction of sp³-hybridized carbons (Fsp3) is 0.190. The maximum Gasteiger partial charge on any atom is 0.325 e. The third kappa shape index (κ3) is 4.12. The van der Waals surface area contributed by atoms with E-state index in [1.807, 2.05) is 30.5 Å². The number of aryl methyl sites for hydroxylation is 1. The molecule has 1 N–H and O–H groups in total. The summed E-state index contributed by atoms with van der Waals surface area (Å²) in [5.74, 6) is -0.762. The van der Waals surface area contributed by atoms with Crippen LogP contribution in [0.15, 0.2) is 53.9 Å². The van der Waals surface area contributed by atoms with Crippen LogP contribution >= 0.6 is 11.3 Å². The molecule has 1 fully saturated rings. The largest absolute Gasteiger partial charge is 0.325 e. The Morgan fingerprint density at radius 2 is 2.03 bits per heavy atom. The molecule has 0 atom stereocenters. The molecule has 3 amide bonds. The normalized spacial score (nSPS) is 13.8. The minimum absolute atomic E-state index is 0.0934. The maximum absolute atomic E-state index is 14.0. The molecule has 6 nitrogen and oxygen atoms in total. The van der Waals surface area contributed by atoms with Crippen molar-refractivity contribution >= 4 is 34.6 Å². The maximum atomic E-state index is 14.0. The van der Waals surface area contributed by atoms with Gasteiger partial charge in [0.15, 0.2) is 0 Å². The summed E-state index contributed by atoms with van der Waals surface area (Å²) in [5, 5.41) is 5.76. The Kier molecular flexibility index (Phi) is 5.26. The van der Waals surface area contributed by atoms with E-state index < -0.39 is 5.82 Å². The molecule has 3 aromatic rings. The summed E-state index contributed by atoms with van der Waals surface area (Å²) in [5.41, 5.74) is 2.64. The molecule has 1 saturated heterocycles. The van der Waals surface area contributed by atoms with Crippen LogP contribution in [0, 0.1) is 12.7 Å². The number of urea groups is 1. The summed E-state index contributed by atoms with van der Waals surface area (Å²) in [6, 6.07) is 13.2. The van der Waals surface area contributed by atoms with Crippen molar-refractivity contribution in [3.05, 3.63) is 64.7 Å². The highest BCUT2D eigenvalue weighted by Gasteiger charge is 2.32. The molecule has 29 heavy (non-hydrogen) atoms. The molecule has 1 aromatic heterocycles. The lowest BCUT2D eigenvalue weighted by molar-refractivity contribution is -0.116. The van der Waals surface area contributed by atoms with Crippen molar-refractivity contribution in [2.24, 2.45) is 0 Å². The summed E-state index contributed by atoms with van der Waals surface area (Å²) in [7, 11) is 0. The van der Waals surface area contributed by atoms with Crippen molar-refractivity contribution < 1.29 is 14.0 Å². The predicted molar refractivity (Wildman–Crippen MR) is 112 cm³/mol. The number of hydrogen-bond acceptors (Lipinski definition) is 4. The average molecular weight is 410 g/mol. The highest BCUT2D eigenvalue weighted by Crippen LogP contribution is 2.25. The third-order valence-corrected chi connectivity index (χ3v) is 5.41. The van der Waals surface area contributed by atoms with Crippen molar-refractivity contribution in [2.75, 3.05) is 29.9 Å². The van der Waals surface area contributed by atoms with Gasteiger partial charge in [-0.25, -0.2) is 14.2 Å². The van der Waals surface area contributed by atoms with E-state index in [4.69, 9.17) is 0 Å². The van der Waals surface area contributed by atoms with Gasteiger partial charge in [0, 0.05) is 29.7 Å². The lowest BCUT2D eigenvalue weighted by Gasteiger charge is -2.19. The Morgan fingerprint density at radius 1 is 1.21 bits per heavy atom. The Labute approximate surface area is 171 Å². The zero-order chi connectivity index (χ0) is 20.4. The molecule has 0 unspecified atom stereocenters. The molecule has 4 rings (SSSR count). The van der Waals surface area contributed by atoms with E-state index >= 15 is 0 Å². The predicted octanol–water partition coefficient (Wildman–Crippen LogP) is 4.14. The fourth-order valence-corrected chi connectivity index (χ4v) is 3.87. The van der Waals surface area contributed by atoms with Crippen LogP contribution in [-0.4, -0.2) is 41.5 Å². The number of nitrogens with one attached hydrogen (secondary N) is 1. The van der Waals surface area contributed by atoms with Crippen LogP contribution in [0.3, 0.4) is 0 Å². The standard InChI is InChI=1S/C21H19FN4O2S/c1-14-23-18(13-29-14)15-5-4-6-16(11-15)24-20(27)12-25-9-10-26(21(25)28)19-8-3-2-7-17(19)22/h2-8,11,13H,9-10,12H2,1H3,(H,24,27). The molecular formula is C21H19FN4O2S. The first-order chi connectivity index (χ1) is 14.0. The Bertz CT molecular complexity index is 1070. The topological polar surface area (TPSA) is 65.5 Å². The molecule has 2 aromatic carbocycles. The van der Waals surface area contributed by atoms with Gasteiger partial charge < -0.3 is 10.2 Å². The van der Waals surface area contributed by atoms with E-state index in [1.165, 1.54) is 15.9 Å². The first kappa shape index (κ1) is 19.1. The number of amides is 3. The lowest BCUT2D eigenvalue weighted by atomic mass is 10.1. The fourth-order valence-electron chi connectivity index (χ4n) is 3.25. The number of benzene rings is 2. The molecule has 1 aliphatic rings. The SMILES string of the molecule is Cc1nc(-c2cccc(NC(=O)CN3CCN(c4ccccc4F)C3=O)c2)cs1. The number of aromatic nitrogens is 1. The second kappa shape index (κ2) is 8.00. The van der Waals surface area contributed by atoms with Gasteiger partial charge in [-0.2, -0.15) is 0 Å². The number of halogens is 1. The van der Waals surface area contributed by atoms with Gasteiger partial charge in [-0.3, -0.25) is 9.69 Å². The van der Waals surface area contributed by atoms with Gasteiger partial charge in [0.2, 0.25) is 5.91 Å². The Hall–Kier alpha value is -3.26. The first-order valence-electron chi connectivity index (χ1n) is 9.14. The zero-order valence-corrected chi connectivity index (χ0v) is 16.6. The first-order valence-corrected chi connectivity index (χ1v) is 10.0. The van der Waals surface area contributed by atoms with Crippen LogP contribution < -0.4 is 10.2 Å². The molecule has 0 radical (unpaired) electrons. The van der Waals surface area contributed by atoms with E-state index in [2.05, 4.69) is 10.3 Å². The molecular weight excluding hydrogens is 391 g/mol. The van der Waals surface area contributed by atoms with Crippen molar-refractivity contribution in [3.63, 3.8) is 0 Å². The van der Waals surface area contributed by atoms with Crippen molar-refractivity contribution in [2.45, 2.75) is 6.92 Å². The second-order valence-electron chi connectivity index (χ2n) is 6.69.